The van der Waals surface area contributed by atoms with Crippen LogP contribution in [0.1, 0.15) is 48.0 Å². The summed E-state index contributed by atoms with van der Waals surface area (Å²) < 4.78 is 5.38. The van der Waals surface area contributed by atoms with Gasteiger partial charge >= 0.3 is 6.09 Å². The molecular formula is C16H35N3O2. The summed E-state index contributed by atoms with van der Waals surface area (Å²) in [6.45, 7) is 16.0. The van der Waals surface area contributed by atoms with E-state index in [1.54, 1.807) is 4.90 Å². The molecule has 0 aliphatic heterocycles. The molecule has 0 saturated heterocycles. The second-order valence-electron chi connectivity index (χ2n) is 6.86. The minimum atomic E-state index is -0.436. The summed E-state index contributed by atoms with van der Waals surface area (Å²) in [4.78, 5) is 13.7. The lowest BCUT2D eigenvalue weighted by atomic mass is 9.96. The Kier molecular flexibility index (Phi) is 9.62. The van der Waals surface area contributed by atoms with E-state index in [4.69, 9.17) is 10.5 Å². The number of carbonyl (C=O) groups excluding carboxylic acids is 1. The Labute approximate surface area is 130 Å². The maximum Gasteiger partial charge on any atom is 0.410 e. The number of hydrogen-bond acceptors (Lipinski definition) is 4. The summed E-state index contributed by atoms with van der Waals surface area (Å²) >= 11 is 0. The van der Waals surface area contributed by atoms with Gasteiger partial charge in [-0.2, -0.15) is 0 Å². The zero-order valence-electron chi connectivity index (χ0n) is 14.7. The van der Waals surface area contributed by atoms with E-state index in [9.17, 15) is 4.79 Å². The van der Waals surface area contributed by atoms with Crippen LogP contribution in [0.3, 0.4) is 0 Å². The fourth-order valence-electron chi connectivity index (χ4n) is 1.98. The molecule has 5 nitrogen and oxygen atoms in total. The van der Waals surface area contributed by atoms with Crippen LogP contribution in [0.4, 0.5) is 4.79 Å². The molecule has 1 unspecified atom stereocenters. The minimum absolute atomic E-state index is 0.230. The maximum atomic E-state index is 12.0. The molecule has 0 bridgehead atoms. The Bertz CT molecular complexity index is 288. The van der Waals surface area contributed by atoms with Crippen LogP contribution in [0.25, 0.3) is 0 Å². The second kappa shape index (κ2) is 10.0. The van der Waals surface area contributed by atoms with Gasteiger partial charge in [0.05, 0.1) is 0 Å². The van der Waals surface area contributed by atoms with Crippen LogP contribution in [0.2, 0.25) is 0 Å². The molecule has 0 heterocycles. The molecule has 0 saturated carbocycles. The van der Waals surface area contributed by atoms with Crippen molar-refractivity contribution in [1.82, 2.24) is 10.2 Å². The van der Waals surface area contributed by atoms with Gasteiger partial charge in [0.15, 0.2) is 0 Å². The van der Waals surface area contributed by atoms with Gasteiger partial charge in [0.25, 0.3) is 0 Å². The van der Waals surface area contributed by atoms with Gasteiger partial charge in [-0.1, -0.05) is 13.8 Å². The summed E-state index contributed by atoms with van der Waals surface area (Å²) in [6, 6.07) is 0. The first-order chi connectivity index (χ1) is 9.71. The standard InChI is InChI=1S/C16H35N3O2/c1-7-19(15(20)21-16(4,5)6)10-8-9-18-12-14(11-17)13(2)3/h13-14,18H,7-12,17H2,1-6H3. The summed E-state index contributed by atoms with van der Waals surface area (Å²) in [5.74, 6) is 1.11. The minimum Gasteiger partial charge on any atom is -0.444 e. The predicted molar refractivity (Wildman–Crippen MR) is 88.4 cm³/mol. The summed E-state index contributed by atoms with van der Waals surface area (Å²) in [5, 5.41) is 3.43. The lowest BCUT2D eigenvalue weighted by molar-refractivity contribution is 0.0258. The fourth-order valence-corrected chi connectivity index (χ4v) is 1.98. The van der Waals surface area contributed by atoms with Crippen molar-refractivity contribution in [3.63, 3.8) is 0 Å². The van der Waals surface area contributed by atoms with E-state index in [1.807, 2.05) is 27.7 Å². The number of nitrogens with one attached hydrogen (secondary N) is 1. The highest BCUT2D eigenvalue weighted by Crippen LogP contribution is 2.10. The largest absolute Gasteiger partial charge is 0.444 e. The van der Waals surface area contributed by atoms with Gasteiger partial charge in [0.2, 0.25) is 0 Å². The van der Waals surface area contributed by atoms with Crippen molar-refractivity contribution in [1.29, 1.82) is 0 Å². The number of carbonyl (C=O) groups is 1. The molecule has 0 aliphatic carbocycles. The third-order valence-electron chi connectivity index (χ3n) is 3.47. The van der Waals surface area contributed by atoms with Crippen molar-refractivity contribution in [2.24, 2.45) is 17.6 Å². The number of amides is 1. The molecule has 0 aliphatic rings. The second-order valence-corrected chi connectivity index (χ2v) is 6.86. The van der Waals surface area contributed by atoms with E-state index >= 15 is 0 Å². The fraction of sp³-hybridized carbons (Fsp3) is 0.938. The SMILES string of the molecule is CCN(CCCNCC(CN)C(C)C)C(=O)OC(C)(C)C. The van der Waals surface area contributed by atoms with Gasteiger partial charge in [-0.05, 0) is 65.6 Å². The summed E-state index contributed by atoms with van der Waals surface area (Å²) in [5.41, 5.74) is 5.31. The molecule has 21 heavy (non-hydrogen) atoms. The molecular weight excluding hydrogens is 266 g/mol. The lowest BCUT2D eigenvalue weighted by Crippen LogP contribution is -2.38. The van der Waals surface area contributed by atoms with Gasteiger partial charge in [-0.25, -0.2) is 4.79 Å². The number of nitrogens with zero attached hydrogens (tertiary/aromatic N) is 1. The van der Waals surface area contributed by atoms with Crippen LogP contribution >= 0.6 is 0 Å². The zero-order valence-corrected chi connectivity index (χ0v) is 14.7. The molecule has 1 atom stereocenters. The lowest BCUT2D eigenvalue weighted by Gasteiger charge is -2.26. The van der Waals surface area contributed by atoms with Crippen molar-refractivity contribution < 1.29 is 9.53 Å². The molecule has 0 fully saturated rings. The molecule has 0 aromatic carbocycles. The molecule has 0 spiro atoms. The van der Waals surface area contributed by atoms with E-state index in [0.717, 1.165) is 19.5 Å². The predicted octanol–water partition coefficient (Wildman–Crippen LogP) is 2.45. The Balaban J connectivity index is 3.95. The van der Waals surface area contributed by atoms with Gasteiger partial charge in [0.1, 0.15) is 5.60 Å². The number of ether oxygens (including phenoxy) is 1. The van der Waals surface area contributed by atoms with Gasteiger partial charge in [-0.15, -0.1) is 0 Å². The smallest absolute Gasteiger partial charge is 0.410 e. The van der Waals surface area contributed by atoms with E-state index in [1.165, 1.54) is 0 Å². The molecule has 126 valence electrons. The quantitative estimate of drug-likeness (QED) is 0.642. The van der Waals surface area contributed by atoms with Crippen LogP contribution in [-0.4, -0.2) is 49.3 Å². The topological polar surface area (TPSA) is 67.6 Å². The van der Waals surface area contributed by atoms with Crippen LogP contribution in [0.15, 0.2) is 0 Å². The summed E-state index contributed by atoms with van der Waals surface area (Å²) in [6.07, 6.45) is 0.690. The number of rotatable bonds is 9. The van der Waals surface area contributed by atoms with Crippen LogP contribution in [0.5, 0.6) is 0 Å². The maximum absolute atomic E-state index is 12.0. The van der Waals surface area contributed by atoms with Crippen molar-refractivity contribution >= 4 is 6.09 Å². The van der Waals surface area contributed by atoms with Crippen molar-refractivity contribution in [3.05, 3.63) is 0 Å². The molecule has 0 radical (unpaired) electrons. The average molecular weight is 301 g/mol. The highest BCUT2D eigenvalue weighted by Gasteiger charge is 2.20. The molecule has 0 aromatic rings. The highest BCUT2D eigenvalue weighted by atomic mass is 16.6. The zero-order chi connectivity index (χ0) is 16.5. The first-order valence-electron chi connectivity index (χ1n) is 8.10. The Morgan fingerprint density at radius 2 is 1.95 bits per heavy atom. The normalized spacial score (nSPS) is 13.3. The van der Waals surface area contributed by atoms with Gasteiger partial charge in [0, 0.05) is 13.1 Å². The van der Waals surface area contributed by atoms with Gasteiger partial charge < -0.3 is 20.7 Å². The molecule has 5 heteroatoms. The average Bonchev–Trinajstić information content (AvgIpc) is 2.35. The Morgan fingerprint density at radius 1 is 1.33 bits per heavy atom. The molecule has 3 N–H and O–H groups in total. The van der Waals surface area contributed by atoms with E-state index in [2.05, 4.69) is 19.2 Å². The highest BCUT2D eigenvalue weighted by molar-refractivity contribution is 5.68. The number of hydrogen-bond donors (Lipinski definition) is 2. The monoisotopic (exact) mass is 301 g/mol. The third kappa shape index (κ3) is 9.69. The Hall–Kier alpha value is -0.810. The molecule has 0 aromatic heterocycles. The van der Waals surface area contributed by atoms with Crippen molar-refractivity contribution in [2.75, 3.05) is 32.7 Å². The van der Waals surface area contributed by atoms with Crippen molar-refractivity contribution in [3.8, 4) is 0 Å². The first kappa shape index (κ1) is 20.2. The summed E-state index contributed by atoms with van der Waals surface area (Å²) in [7, 11) is 0. The van der Waals surface area contributed by atoms with E-state index in [-0.39, 0.29) is 6.09 Å². The third-order valence-corrected chi connectivity index (χ3v) is 3.47. The van der Waals surface area contributed by atoms with Crippen LogP contribution < -0.4 is 11.1 Å². The van der Waals surface area contributed by atoms with Crippen LogP contribution in [-0.2, 0) is 4.74 Å². The van der Waals surface area contributed by atoms with E-state index < -0.39 is 5.60 Å². The molecule has 1 amide bonds. The molecule has 0 rings (SSSR count). The van der Waals surface area contributed by atoms with Gasteiger partial charge in [-0.3, -0.25) is 0 Å². The van der Waals surface area contributed by atoms with E-state index in [0.29, 0.717) is 31.5 Å². The van der Waals surface area contributed by atoms with Crippen molar-refractivity contribution in [2.45, 2.75) is 53.6 Å². The Morgan fingerprint density at radius 3 is 2.38 bits per heavy atom. The number of nitrogens with two attached hydrogens (primary N) is 1. The van der Waals surface area contributed by atoms with Crippen LogP contribution in [0, 0.1) is 11.8 Å². The first-order valence-corrected chi connectivity index (χ1v) is 8.10.